The summed E-state index contributed by atoms with van der Waals surface area (Å²) in [5.41, 5.74) is 5.12. The van der Waals surface area contributed by atoms with E-state index in [1.165, 1.54) is 22.5 Å². The van der Waals surface area contributed by atoms with Crippen molar-refractivity contribution in [1.29, 1.82) is 0 Å². The van der Waals surface area contributed by atoms with Gasteiger partial charge in [-0.25, -0.2) is 4.98 Å². The van der Waals surface area contributed by atoms with Gasteiger partial charge in [-0.1, -0.05) is 41.6 Å². The number of carbonyl (C=O) groups is 1. The van der Waals surface area contributed by atoms with Gasteiger partial charge in [-0.2, -0.15) is 0 Å². The van der Waals surface area contributed by atoms with Crippen molar-refractivity contribution in [3.63, 3.8) is 0 Å². The van der Waals surface area contributed by atoms with Crippen LogP contribution in [0.5, 0.6) is 0 Å². The van der Waals surface area contributed by atoms with Gasteiger partial charge in [0.15, 0.2) is 5.13 Å². The fourth-order valence-corrected chi connectivity index (χ4v) is 3.80. The Labute approximate surface area is 148 Å². The minimum absolute atomic E-state index is 0.185. The Morgan fingerprint density at radius 1 is 1.29 bits per heavy atom. The smallest absolute Gasteiger partial charge is 0.271 e. The number of carbonyl (C=O) groups excluding carboxylic acids is 1. The van der Waals surface area contributed by atoms with Crippen LogP contribution in [0.15, 0.2) is 23.6 Å². The van der Waals surface area contributed by atoms with Gasteiger partial charge < -0.3 is 0 Å². The lowest BCUT2D eigenvalue weighted by molar-refractivity contribution is 0.102. The number of aryl methyl sites for hydroxylation is 3. The lowest BCUT2D eigenvalue weighted by atomic mass is 10.0. The minimum atomic E-state index is -0.185. The van der Waals surface area contributed by atoms with Gasteiger partial charge in [0.05, 0.1) is 11.4 Å². The Morgan fingerprint density at radius 2 is 2.12 bits per heavy atom. The summed E-state index contributed by atoms with van der Waals surface area (Å²) in [4.78, 5) is 17.5. The molecule has 3 aromatic rings. The number of rotatable bonds is 5. The van der Waals surface area contributed by atoms with Crippen LogP contribution in [0, 0.1) is 13.8 Å². The zero-order valence-electron chi connectivity index (χ0n) is 13.8. The Morgan fingerprint density at radius 3 is 2.88 bits per heavy atom. The van der Waals surface area contributed by atoms with Crippen LogP contribution >= 0.6 is 22.9 Å². The third-order valence-corrected chi connectivity index (χ3v) is 5.16. The van der Waals surface area contributed by atoms with Crippen LogP contribution in [0.3, 0.4) is 0 Å². The first kappa shape index (κ1) is 16.7. The van der Waals surface area contributed by atoms with Crippen molar-refractivity contribution in [2.24, 2.45) is 0 Å². The van der Waals surface area contributed by atoms with Crippen LogP contribution in [0.1, 0.15) is 39.8 Å². The molecule has 0 saturated carbocycles. The van der Waals surface area contributed by atoms with Gasteiger partial charge in [0.25, 0.3) is 5.91 Å². The van der Waals surface area contributed by atoms with E-state index >= 15 is 0 Å². The van der Waals surface area contributed by atoms with E-state index in [1.54, 1.807) is 0 Å². The standard InChI is InChI=1S/C17H18N4OS2/c1-4-5-13-15(24-21-20-13)16(22)19-17-18-14(9-23-17)12-7-6-10(2)8-11(12)3/h6-9H,4-5H2,1-3H3,(H,18,19,22). The number of thiazole rings is 1. The summed E-state index contributed by atoms with van der Waals surface area (Å²) in [5, 5.41) is 9.45. The SMILES string of the molecule is CCCc1nnsc1C(=O)Nc1nc(-c2ccc(C)cc2C)cs1. The second-order valence-corrected chi connectivity index (χ2v) is 7.22. The normalized spacial score (nSPS) is 10.8. The lowest BCUT2D eigenvalue weighted by Crippen LogP contribution is -2.12. The highest BCUT2D eigenvalue weighted by atomic mass is 32.1. The minimum Gasteiger partial charge on any atom is -0.297 e. The van der Waals surface area contributed by atoms with Gasteiger partial charge in [-0.15, -0.1) is 16.4 Å². The predicted octanol–water partition coefficient (Wildman–Crippen LogP) is 4.48. The van der Waals surface area contributed by atoms with Crippen molar-refractivity contribution in [2.75, 3.05) is 5.32 Å². The fraction of sp³-hybridized carbons (Fsp3) is 0.294. The van der Waals surface area contributed by atoms with Crippen LogP contribution in [-0.2, 0) is 6.42 Å². The Bertz CT molecular complexity index is 869. The first-order valence-corrected chi connectivity index (χ1v) is 9.39. The molecular weight excluding hydrogens is 340 g/mol. The highest BCUT2D eigenvalue weighted by Crippen LogP contribution is 2.28. The fourth-order valence-electron chi connectivity index (χ4n) is 2.49. The second-order valence-electron chi connectivity index (χ2n) is 5.61. The summed E-state index contributed by atoms with van der Waals surface area (Å²) in [6, 6.07) is 6.27. The van der Waals surface area contributed by atoms with Crippen molar-refractivity contribution in [3.8, 4) is 11.3 Å². The summed E-state index contributed by atoms with van der Waals surface area (Å²) < 4.78 is 3.89. The Hall–Kier alpha value is -2.12. The van der Waals surface area contributed by atoms with Crippen LogP contribution < -0.4 is 5.32 Å². The van der Waals surface area contributed by atoms with Crippen LogP contribution in [0.2, 0.25) is 0 Å². The summed E-state index contributed by atoms with van der Waals surface area (Å²) in [6.45, 7) is 6.19. The van der Waals surface area contributed by atoms with Gasteiger partial charge >= 0.3 is 0 Å². The van der Waals surface area contributed by atoms with E-state index in [4.69, 9.17) is 0 Å². The van der Waals surface area contributed by atoms with Gasteiger partial charge in [0.1, 0.15) is 4.88 Å². The number of nitrogens with one attached hydrogen (secondary N) is 1. The summed E-state index contributed by atoms with van der Waals surface area (Å²) in [7, 11) is 0. The van der Waals surface area contributed by atoms with E-state index in [1.807, 2.05) is 5.38 Å². The molecule has 0 spiro atoms. The molecule has 1 aromatic carbocycles. The zero-order chi connectivity index (χ0) is 17.1. The van der Waals surface area contributed by atoms with Crippen molar-refractivity contribution >= 4 is 33.9 Å². The first-order valence-electron chi connectivity index (χ1n) is 7.74. The predicted molar refractivity (Wildman–Crippen MR) is 98.9 cm³/mol. The number of anilines is 1. The number of benzene rings is 1. The molecule has 0 unspecified atom stereocenters. The van der Waals surface area contributed by atoms with E-state index < -0.39 is 0 Å². The largest absolute Gasteiger partial charge is 0.297 e. The molecule has 24 heavy (non-hydrogen) atoms. The molecule has 0 radical (unpaired) electrons. The molecule has 1 N–H and O–H groups in total. The Kier molecular flexibility index (Phi) is 5.01. The van der Waals surface area contributed by atoms with Crippen molar-refractivity contribution in [1.82, 2.24) is 14.6 Å². The van der Waals surface area contributed by atoms with E-state index in [0.717, 1.165) is 41.3 Å². The molecule has 0 aliphatic rings. The van der Waals surface area contributed by atoms with Crippen LogP contribution in [0.25, 0.3) is 11.3 Å². The Balaban J connectivity index is 1.78. The van der Waals surface area contributed by atoms with Crippen molar-refractivity contribution in [2.45, 2.75) is 33.6 Å². The molecule has 2 aromatic heterocycles. The van der Waals surface area contributed by atoms with Crippen LogP contribution in [0.4, 0.5) is 5.13 Å². The van der Waals surface area contributed by atoms with E-state index in [0.29, 0.717) is 10.0 Å². The first-order chi connectivity index (χ1) is 11.6. The maximum Gasteiger partial charge on any atom is 0.271 e. The summed E-state index contributed by atoms with van der Waals surface area (Å²) in [6.07, 6.45) is 1.69. The number of amides is 1. The number of nitrogens with zero attached hydrogens (tertiary/aromatic N) is 3. The maximum absolute atomic E-state index is 12.4. The molecule has 3 rings (SSSR count). The third-order valence-electron chi connectivity index (χ3n) is 3.63. The van der Waals surface area contributed by atoms with Gasteiger partial charge in [0, 0.05) is 10.9 Å². The number of aromatic nitrogens is 3. The third kappa shape index (κ3) is 3.52. The van der Waals surface area contributed by atoms with Gasteiger partial charge in [-0.3, -0.25) is 10.1 Å². The average Bonchev–Trinajstić information content (AvgIpc) is 3.17. The highest BCUT2D eigenvalue weighted by molar-refractivity contribution is 7.14. The van der Waals surface area contributed by atoms with Gasteiger partial charge in [0.2, 0.25) is 0 Å². The van der Waals surface area contributed by atoms with Gasteiger partial charge in [-0.05, 0) is 37.4 Å². The van der Waals surface area contributed by atoms with E-state index in [9.17, 15) is 4.79 Å². The molecule has 5 nitrogen and oxygen atoms in total. The highest BCUT2D eigenvalue weighted by Gasteiger charge is 2.17. The van der Waals surface area contributed by atoms with Crippen molar-refractivity contribution in [3.05, 3.63) is 45.3 Å². The topological polar surface area (TPSA) is 67.8 Å². The average molecular weight is 358 g/mol. The molecule has 2 heterocycles. The maximum atomic E-state index is 12.4. The molecule has 1 amide bonds. The van der Waals surface area contributed by atoms with Crippen LogP contribution in [-0.4, -0.2) is 20.5 Å². The molecule has 7 heteroatoms. The number of hydrogen-bond donors (Lipinski definition) is 1. The molecule has 0 bridgehead atoms. The zero-order valence-corrected chi connectivity index (χ0v) is 15.4. The van der Waals surface area contributed by atoms with E-state index in [-0.39, 0.29) is 5.91 Å². The molecule has 0 saturated heterocycles. The summed E-state index contributed by atoms with van der Waals surface area (Å²) >= 11 is 2.55. The monoisotopic (exact) mass is 358 g/mol. The molecule has 0 fully saturated rings. The van der Waals surface area contributed by atoms with Crippen molar-refractivity contribution < 1.29 is 4.79 Å². The van der Waals surface area contributed by atoms with E-state index in [2.05, 4.69) is 58.9 Å². The second kappa shape index (κ2) is 7.19. The molecule has 124 valence electrons. The molecule has 0 atom stereocenters. The molecular formula is C17H18N4OS2. The molecule has 0 aliphatic heterocycles. The lowest BCUT2D eigenvalue weighted by Gasteiger charge is -2.04. The summed E-state index contributed by atoms with van der Waals surface area (Å²) in [5.74, 6) is -0.185. The number of hydrogen-bond acceptors (Lipinski definition) is 6. The molecule has 0 aliphatic carbocycles. The quantitative estimate of drug-likeness (QED) is 0.730.